The molecule has 10 heteroatoms. The molecule has 5 rings (SSSR count). The van der Waals surface area contributed by atoms with Gasteiger partial charge in [0.1, 0.15) is 17.0 Å². The Labute approximate surface area is 250 Å². The van der Waals surface area contributed by atoms with E-state index >= 15 is 0 Å². The second-order valence-electron chi connectivity index (χ2n) is 11.5. The van der Waals surface area contributed by atoms with Gasteiger partial charge < -0.3 is 24.6 Å². The molecule has 0 aliphatic carbocycles. The quantitative estimate of drug-likeness (QED) is 0.227. The van der Waals surface area contributed by atoms with Gasteiger partial charge in [-0.05, 0) is 81.8 Å². The maximum Gasteiger partial charge on any atom is 0.410 e. The number of piperidine rings is 1. The lowest BCUT2D eigenvalue weighted by Gasteiger charge is -2.34. The van der Waals surface area contributed by atoms with Gasteiger partial charge in [0.05, 0.1) is 15.7 Å². The number of amides is 1. The fourth-order valence-electron chi connectivity index (χ4n) is 5.20. The SMILES string of the molecule is CC(C)(C)OC(=O)N1CCC[C@@H](CCn2c(-c3c(Cl)cccc3Cl)cc3cnc(NCc4ccc(O)cc4)nc32)C1. The molecular formula is C31H35Cl2N5O3. The number of likely N-dealkylation sites (tertiary alicyclic amines) is 1. The van der Waals surface area contributed by atoms with E-state index in [1.165, 1.54) is 0 Å². The van der Waals surface area contributed by atoms with Gasteiger partial charge in [0.15, 0.2) is 0 Å². The molecule has 1 aliphatic rings. The number of aromatic hydroxyl groups is 1. The summed E-state index contributed by atoms with van der Waals surface area (Å²) in [4.78, 5) is 24.0. The summed E-state index contributed by atoms with van der Waals surface area (Å²) in [5.41, 5.74) is 2.88. The Hall–Kier alpha value is -3.49. The number of aromatic nitrogens is 3. The Balaban J connectivity index is 1.41. The number of hydrogen-bond donors (Lipinski definition) is 2. The Morgan fingerprint density at radius 1 is 1.15 bits per heavy atom. The van der Waals surface area contributed by atoms with Crippen LogP contribution in [0.4, 0.5) is 10.7 Å². The molecule has 216 valence electrons. The van der Waals surface area contributed by atoms with Crippen molar-refractivity contribution in [2.75, 3.05) is 18.4 Å². The zero-order valence-corrected chi connectivity index (χ0v) is 25.0. The lowest BCUT2D eigenvalue weighted by molar-refractivity contribution is 0.0160. The number of halogens is 2. The van der Waals surface area contributed by atoms with Gasteiger partial charge in [0.2, 0.25) is 5.95 Å². The minimum absolute atomic E-state index is 0.224. The first-order chi connectivity index (χ1) is 19.6. The van der Waals surface area contributed by atoms with Crippen molar-refractivity contribution in [2.45, 2.75) is 58.7 Å². The molecule has 8 nitrogen and oxygen atoms in total. The smallest absolute Gasteiger partial charge is 0.410 e. The zero-order valence-electron chi connectivity index (χ0n) is 23.5. The molecule has 0 unspecified atom stereocenters. The summed E-state index contributed by atoms with van der Waals surface area (Å²) in [6.45, 7) is 8.22. The monoisotopic (exact) mass is 595 g/mol. The molecule has 1 saturated heterocycles. The van der Waals surface area contributed by atoms with Crippen molar-refractivity contribution in [3.8, 4) is 17.0 Å². The van der Waals surface area contributed by atoms with E-state index in [1.807, 2.05) is 62.1 Å². The molecule has 3 heterocycles. The lowest BCUT2D eigenvalue weighted by atomic mass is 9.95. The second kappa shape index (κ2) is 12.2. The number of anilines is 1. The van der Waals surface area contributed by atoms with Crippen LogP contribution in [0.25, 0.3) is 22.3 Å². The first-order valence-electron chi connectivity index (χ1n) is 13.9. The van der Waals surface area contributed by atoms with E-state index in [2.05, 4.69) is 14.9 Å². The number of carbonyl (C=O) groups excluding carboxylic acids is 1. The van der Waals surface area contributed by atoms with E-state index in [9.17, 15) is 9.90 Å². The second-order valence-corrected chi connectivity index (χ2v) is 12.3. The van der Waals surface area contributed by atoms with E-state index in [0.717, 1.165) is 47.1 Å². The number of nitrogens with one attached hydrogen (secondary N) is 1. The number of fused-ring (bicyclic) bond motifs is 1. The number of aryl methyl sites for hydroxylation is 1. The largest absolute Gasteiger partial charge is 0.508 e. The fourth-order valence-corrected chi connectivity index (χ4v) is 5.79. The minimum atomic E-state index is -0.523. The highest BCUT2D eigenvalue weighted by molar-refractivity contribution is 6.39. The van der Waals surface area contributed by atoms with Crippen LogP contribution in [0, 0.1) is 5.92 Å². The molecule has 0 bridgehead atoms. The average molecular weight is 597 g/mol. The Kier molecular flexibility index (Phi) is 8.61. The molecule has 0 saturated carbocycles. The predicted octanol–water partition coefficient (Wildman–Crippen LogP) is 7.76. The third kappa shape index (κ3) is 7.05. The van der Waals surface area contributed by atoms with Crippen LogP contribution in [0.15, 0.2) is 54.7 Å². The highest BCUT2D eigenvalue weighted by Crippen LogP contribution is 2.38. The molecule has 1 atom stereocenters. The van der Waals surface area contributed by atoms with Crippen molar-refractivity contribution in [3.05, 3.63) is 70.3 Å². The van der Waals surface area contributed by atoms with E-state index in [-0.39, 0.29) is 11.8 Å². The maximum atomic E-state index is 12.7. The highest BCUT2D eigenvalue weighted by Gasteiger charge is 2.28. The fraction of sp³-hybridized carbons (Fsp3) is 0.387. The number of nitrogens with zero attached hydrogens (tertiary/aromatic N) is 4. The van der Waals surface area contributed by atoms with E-state index in [4.69, 9.17) is 32.9 Å². The molecule has 4 aromatic rings. The number of hydrogen-bond acceptors (Lipinski definition) is 6. The van der Waals surface area contributed by atoms with Crippen LogP contribution in [0.3, 0.4) is 0 Å². The molecule has 1 aliphatic heterocycles. The van der Waals surface area contributed by atoms with Gasteiger partial charge in [-0.15, -0.1) is 0 Å². The number of phenols is 1. The summed E-state index contributed by atoms with van der Waals surface area (Å²) in [7, 11) is 0. The topological polar surface area (TPSA) is 92.5 Å². The first-order valence-corrected chi connectivity index (χ1v) is 14.6. The maximum absolute atomic E-state index is 12.7. The molecule has 1 amide bonds. The molecule has 1 fully saturated rings. The number of ether oxygens (including phenoxy) is 1. The van der Waals surface area contributed by atoms with E-state index in [1.54, 1.807) is 18.3 Å². The number of benzene rings is 2. The van der Waals surface area contributed by atoms with Crippen molar-refractivity contribution < 1.29 is 14.6 Å². The Morgan fingerprint density at radius 2 is 1.88 bits per heavy atom. The van der Waals surface area contributed by atoms with Crippen molar-refractivity contribution in [2.24, 2.45) is 5.92 Å². The third-order valence-electron chi connectivity index (χ3n) is 7.17. The molecule has 0 radical (unpaired) electrons. The normalized spacial score (nSPS) is 15.7. The van der Waals surface area contributed by atoms with Crippen LogP contribution < -0.4 is 5.32 Å². The Morgan fingerprint density at radius 3 is 2.59 bits per heavy atom. The van der Waals surface area contributed by atoms with Gasteiger partial charge in [-0.25, -0.2) is 9.78 Å². The molecular weight excluding hydrogens is 561 g/mol. The molecule has 0 spiro atoms. The van der Waals surface area contributed by atoms with Crippen LogP contribution in [0.1, 0.15) is 45.6 Å². The van der Waals surface area contributed by atoms with Gasteiger partial charge in [0, 0.05) is 43.3 Å². The molecule has 41 heavy (non-hydrogen) atoms. The number of phenolic OH excluding ortho intramolecular Hbond substituents is 1. The third-order valence-corrected chi connectivity index (χ3v) is 7.80. The summed E-state index contributed by atoms with van der Waals surface area (Å²) in [6.07, 6.45) is 4.37. The average Bonchev–Trinajstić information content (AvgIpc) is 3.28. The summed E-state index contributed by atoms with van der Waals surface area (Å²) in [5.74, 6) is 1.04. The predicted molar refractivity (Wildman–Crippen MR) is 164 cm³/mol. The van der Waals surface area contributed by atoms with Gasteiger partial charge >= 0.3 is 6.09 Å². The minimum Gasteiger partial charge on any atom is -0.508 e. The van der Waals surface area contributed by atoms with Gasteiger partial charge in [-0.3, -0.25) is 0 Å². The van der Waals surface area contributed by atoms with Gasteiger partial charge in [-0.1, -0.05) is 41.4 Å². The van der Waals surface area contributed by atoms with Crippen LogP contribution in [-0.4, -0.2) is 49.3 Å². The van der Waals surface area contributed by atoms with Gasteiger partial charge in [0.25, 0.3) is 0 Å². The van der Waals surface area contributed by atoms with E-state index in [0.29, 0.717) is 48.1 Å². The van der Waals surface area contributed by atoms with Crippen LogP contribution in [0.5, 0.6) is 5.75 Å². The summed E-state index contributed by atoms with van der Waals surface area (Å²) in [6, 6.07) is 14.5. The lowest BCUT2D eigenvalue weighted by Crippen LogP contribution is -2.43. The van der Waals surface area contributed by atoms with Crippen molar-refractivity contribution in [1.29, 1.82) is 0 Å². The van der Waals surface area contributed by atoms with Crippen LogP contribution in [-0.2, 0) is 17.8 Å². The molecule has 2 aromatic carbocycles. The first kappa shape index (κ1) is 29.0. The van der Waals surface area contributed by atoms with Crippen molar-refractivity contribution in [3.63, 3.8) is 0 Å². The Bertz CT molecular complexity index is 1510. The van der Waals surface area contributed by atoms with Crippen molar-refractivity contribution >= 4 is 46.3 Å². The summed E-state index contributed by atoms with van der Waals surface area (Å²) < 4.78 is 7.78. The van der Waals surface area contributed by atoms with Crippen molar-refractivity contribution in [1.82, 2.24) is 19.4 Å². The van der Waals surface area contributed by atoms with Crippen LogP contribution in [0.2, 0.25) is 10.0 Å². The number of carbonyl (C=O) groups is 1. The molecule has 2 N–H and O–H groups in total. The van der Waals surface area contributed by atoms with Gasteiger partial charge in [-0.2, -0.15) is 4.98 Å². The zero-order chi connectivity index (χ0) is 29.1. The van der Waals surface area contributed by atoms with E-state index < -0.39 is 5.60 Å². The summed E-state index contributed by atoms with van der Waals surface area (Å²) in [5, 5.41) is 14.9. The molecule has 2 aromatic heterocycles. The summed E-state index contributed by atoms with van der Waals surface area (Å²) >= 11 is 13.3. The highest BCUT2D eigenvalue weighted by atomic mass is 35.5. The number of rotatable bonds is 7. The standard InChI is InChI=1S/C31H35Cl2N5O3/c1-31(2,3)41-30(40)37-14-5-6-21(19-37)13-15-38-26(27-24(32)7-4-8-25(27)33)16-22-18-35-29(36-28(22)38)34-17-20-9-11-23(39)12-10-20/h4,7-12,16,18,21,39H,5-6,13-15,17,19H2,1-3H3,(H,34,35,36)/t21-/m0/s1. The van der Waals surface area contributed by atoms with Crippen LogP contribution >= 0.6 is 23.2 Å².